The van der Waals surface area contributed by atoms with Crippen molar-refractivity contribution in [3.8, 4) is 0 Å². The number of hydrogen-bond donors (Lipinski definition) is 2. The Balaban J connectivity index is 1.68. The highest BCUT2D eigenvalue weighted by Crippen LogP contribution is 2.32. The van der Waals surface area contributed by atoms with E-state index in [2.05, 4.69) is 17.6 Å². The molecule has 2 aliphatic heterocycles. The standard InChI is InChI=1S/C14H16N2O3S/c1-14(7-19-8-14)6-15-13(18)9-2-3-11-10(4-9)16-12(17)5-20-11/h2-4H,5-8H2,1H3,(H,15,18)(H,16,17). The Morgan fingerprint density at radius 3 is 3.00 bits per heavy atom. The molecule has 0 atom stereocenters. The highest BCUT2D eigenvalue weighted by atomic mass is 32.2. The monoisotopic (exact) mass is 292 g/mol. The van der Waals surface area contributed by atoms with Gasteiger partial charge in [0.05, 0.1) is 24.7 Å². The SMILES string of the molecule is CC1(CNC(=O)c2ccc3c(c2)NC(=O)CS3)COC1. The van der Waals surface area contributed by atoms with Crippen molar-refractivity contribution in [1.29, 1.82) is 0 Å². The number of amides is 2. The maximum Gasteiger partial charge on any atom is 0.251 e. The number of benzene rings is 1. The number of ether oxygens (including phenoxy) is 1. The fourth-order valence-corrected chi connectivity index (χ4v) is 2.96. The Hall–Kier alpha value is -1.53. The highest BCUT2D eigenvalue weighted by Gasteiger charge is 2.33. The van der Waals surface area contributed by atoms with Crippen molar-refractivity contribution >= 4 is 29.3 Å². The normalized spacial score (nSPS) is 19.6. The highest BCUT2D eigenvalue weighted by molar-refractivity contribution is 8.00. The largest absolute Gasteiger partial charge is 0.380 e. The van der Waals surface area contributed by atoms with Gasteiger partial charge in [-0.15, -0.1) is 11.8 Å². The summed E-state index contributed by atoms with van der Waals surface area (Å²) in [5.41, 5.74) is 1.33. The molecule has 0 saturated carbocycles. The molecule has 3 rings (SSSR count). The van der Waals surface area contributed by atoms with Gasteiger partial charge in [-0.05, 0) is 18.2 Å². The lowest BCUT2D eigenvalue weighted by Crippen LogP contribution is -2.48. The van der Waals surface area contributed by atoms with Gasteiger partial charge in [0.25, 0.3) is 5.91 Å². The second-order valence-corrected chi connectivity index (χ2v) is 6.55. The molecule has 6 heteroatoms. The molecule has 0 aromatic heterocycles. The first-order valence-electron chi connectivity index (χ1n) is 6.48. The van der Waals surface area contributed by atoms with Crippen LogP contribution >= 0.6 is 11.8 Å². The molecule has 2 amide bonds. The van der Waals surface area contributed by atoms with Crippen LogP contribution in [0.25, 0.3) is 0 Å². The topological polar surface area (TPSA) is 67.4 Å². The molecule has 2 N–H and O–H groups in total. The molecule has 0 radical (unpaired) electrons. The summed E-state index contributed by atoms with van der Waals surface area (Å²) in [5, 5.41) is 5.71. The van der Waals surface area contributed by atoms with Gasteiger partial charge in [0.1, 0.15) is 0 Å². The third-order valence-corrected chi connectivity index (χ3v) is 4.52. The molecule has 0 bridgehead atoms. The molecule has 1 fully saturated rings. The van der Waals surface area contributed by atoms with Gasteiger partial charge in [0.15, 0.2) is 0 Å². The summed E-state index contributed by atoms with van der Waals surface area (Å²) >= 11 is 1.49. The average molecular weight is 292 g/mol. The number of carbonyl (C=O) groups is 2. The lowest BCUT2D eigenvalue weighted by Gasteiger charge is -2.38. The molecule has 20 heavy (non-hydrogen) atoms. The summed E-state index contributed by atoms with van der Waals surface area (Å²) in [5.74, 6) is 0.279. The fraction of sp³-hybridized carbons (Fsp3) is 0.429. The molecule has 0 unspecified atom stereocenters. The molecule has 1 saturated heterocycles. The summed E-state index contributed by atoms with van der Waals surface area (Å²) in [6.07, 6.45) is 0. The first-order chi connectivity index (χ1) is 9.56. The summed E-state index contributed by atoms with van der Waals surface area (Å²) in [6.45, 7) is 4.05. The van der Waals surface area contributed by atoms with Gasteiger partial charge in [0, 0.05) is 22.4 Å². The third-order valence-electron chi connectivity index (χ3n) is 3.45. The Morgan fingerprint density at radius 2 is 2.30 bits per heavy atom. The van der Waals surface area contributed by atoms with Crippen LogP contribution in [0.1, 0.15) is 17.3 Å². The van der Waals surface area contributed by atoms with Gasteiger partial charge in [0.2, 0.25) is 5.91 Å². The molecule has 2 aliphatic rings. The molecule has 2 heterocycles. The number of anilines is 1. The Morgan fingerprint density at radius 1 is 1.50 bits per heavy atom. The maximum absolute atomic E-state index is 12.1. The van der Waals surface area contributed by atoms with Crippen LogP contribution in [0, 0.1) is 5.41 Å². The zero-order valence-electron chi connectivity index (χ0n) is 11.2. The van der Waals surface area contributed by atoms with Crippen LogP contribution in [0.4, 0.5) is 5.69 Å². The van der Waals surface area contributed by atoms with Crippen LogP contribution < -0.4 is 10.6 Å². The van der Waals surface area contributed by atoms with Crippen LogP contribution in [0.3, 0.4) is 0 Å². The van der Waals surface area contributed by atoms with Crippen molar-refractivity contribution in [2.45, 2.75) is 11.8 Å². The lowest BCUT2D eigenvalue weighted by atomic mass is 9.88. The van der Waals surface area contributed by atoms with Crippen molar-refractivity contribution in [3.63, 3.8) is 0 Å². The molecule has 5 nitrogen and oxygen atoms in total. The predicted octanol–water partition coefficient (Wildman–Crippen LogP) is 1.50. The molecule has 0 spiro atoms. The van der Waals surface area contributed by atoms with Gasteiger partial charge in [-0.2, -0.15) is 0 Å². The number of rotatable bonds is 3. The summed E-state index contributed by atoms with van der Waals surface area (Å²) < 4.78 is 5.16. The molecule has 0 aliphatic carbocycles. The minimum Gasteiger partial charge on any atom is -0.380 e. The quantitative estimate of drug-likeness (QED) is 0.886. The molecular formula is C14H16N2O3S. The smallest absolute Gasteiger partial charge is 0.251 e. The van der Waals surface area contributed by atoms with Gasteiger partial charge in [-0.25, -0.2) is 0 Å². The van der Waals surface area contributed by atoms with E-state index in [0.29, 0.717) is 31.1 Å². The minimum atomic E-state index is -0.120. The minimum absolute atomic E-state index is 0.0285. The Labute approximate surface area is 121 Å². The van der Waals surface area contributed by atoms with E-state index in [1.54, 1.807) is 12.1 Å². The zero-order valence-corrected chi connectivity index (χ0v) is 12.0. The molecule has 1 aromatic carbocycles. The fourth-order valence-electron chi connectivity index (χ4n) is 2.17. The van der Waals surface area contributed by atoms with Gasteiger partial charge < -0.3 is 15.4 Å². The Kier molecular flexibility index (Phi) is 3.43. The first-order valence-corrected chi connectivity index (χ1v) is 7.47. The van der Waals surface area contributed by atoms with Crippen molar-refractivity contribution in [3.05, 3.63) is 23.8 Å². The number of nitrogens with one attached hydrogen (secondary N) is 2. The van der Waals surface area contributed by atoms with Crippen molar-refractivity contribution in [2.24, 2.45) is 5.41 Å². The van der Waals surface area contributed by atoms with Gasteiger partial charge in [-0.1, -0.05) is 6.92 Å². The van der Waals surface area contributed by atoms with Crippen LogP contribution in [-0.2, 0) is 9.53 Å². The van der Waals surface area contributed by atoms with Gasteiger partial charge >= 0.3 is 0 Å². The summed E-state index contributed by atoms with van der Waals surface area (Å²) in [4.78, 5) is 24.5. The zero-order chi connectivity index (χ0) is 14.2. The number of hydrogen-bond acceptors (Lipinski definition) is 4. The summed E-state index contributed by atoms with van der Waals surface area (Å²) in [6, 6.07) is 5.40. The van der Waals surface area contributed by atoms with E-state index in [1.807, 2.05) is 6.07 Å². The van der Waals surface area contributed by atoms with E-state index in [-0.39, 0.29) is 17.2 Å². The van der Waals surface area contributed by atoms with E-state index < -0.39 is 0 Å². The third kappa shape index (κ3) is 2.66. The number of thioether (sulfide) groups is 1. The average Bonchev–Trinajstić information content (AvgIpc) is 2.41. The van der Waals surface area contributed by atoms with E-state index >= 15 is 0 Å². The number of carbonyl (C=O) groups excluding carboxylic acids is 2. The molecular weight excluding hydrogens is 276 g/mol. The van der Waals surface area contributed by atoms with Crippen LogP contribution in [0.2, 0.25) is 0 Å². The van der Waals surface area contributed by atoms with E-state index in [4.69, 9.17) is 4.74 Å². The summed E-state index contributed by atoms with van der Waals surface area (Å²) in [7, 11) is 0. The van der Waals surface area contributed by atoms with E-state index in [1.165, 1.54) is 11.8 Å². The van der Waals surface area contributed by atoms with Crippen LogP contribution in [0.15, 0.2) is 23.1 Å². The van der Waals surface area contributed by atoms with Crippen molar-refractivity contribution in [2.75, 3.05) is 30.8 Å². The van der Waals surface area contributed by atoms with Crippen molar-refractivity contribution < 1.29 is 14.3 Å². The lowest BCUT2D eigenvalue weighted by molar-refractivity contribution is -0.113. The molecule has 1 aromatic rings. The molecule has 106 valence electrons. The maximum atomic E-state index is 12.1. The first kappa shape index (κ1) is 13.5. The van der Waals surface area contributed by atoms with E-state index in [9.17, 15) is 9.59 Å². The van der Waals surface area contributed by atoms with Gasteiger partial charge in [-0.3, -0.25) is 9.59 Å². The predicted molar refractivity (Wildman–Crippen MR) is 77.1 cm³/mol. The second kappa shape index (κ2) is 5.10. The Bertz CT molecular complexity index is 570. The second-order valence-electron chi connectivity index (χ2n) is 5.53. The van der Waals surface area contributed by atoms with Crippen molar-refractivity contribution in [1.82, 2.24) is 5.32 Å². The van der Waals surface area contributed by atoms with E-state index in [0.717, 1.165) is 10.6 Å². The van der Waals surface area contributed by atoms with Crippen LogP contribution in [0.5, 0.6) is 0 Å². The van der Waals surface area contributed by atoms with Crippen LogP contribution in [-0.4, -0.2) is 37.3 Å². The number of fused-ring (bicyclic) bond motifs is 1.